The van der Waals surface area contributed by atoms with Crippen LogP contribution in [0.15, 0.2) is 60.7 Å². The molecular formula is C18H20O2. The zero-order valence-electron chi connectivity index (χ0n) is 12.0. The summed E-state index contributed by atoms with van der Waals surface area (Å²) in [4.78, 5) is 12.1. The number of ether oxygens (including phenoxy) is 1. The smallest absolute Gasteiger partial charge is 0.165 e. The predicted molar refractivity (Wildman–Crippen MR) is 80.8 cm³/mol. The van der Waals surface area contributed by atoms with Crippen molar-refractivity contribution in [2.45, 2.75) is 32.5 Å². The van der Waals surface area contributed by atoms with Crippen LogP contribution >= 0.6 is 0 Å². The molecule has 0 aliphatic carbocycles. The number of carbonyl (C=O) groups excluding carboxylic acids is 1. The van der Waals surface area contributed by atoms with Crippen molar-refractivity contribution < 1.29 is 9.53 Å². The number of benzene rings is 2. The Balaban J connectivity index is 1.90. The van der Waals surface area contributed by atoms with Crippen LogP contribution in [0.25, 0.3) is 0 Å². The summed E-state index contributed by atoms with van der Waals surface area (Å²) in [5.74, 6) is 0.123. The second kappa shape index (κ2) is 7.01. The van der Waals surface area contributed by atoms with Gasteiger partial charge < -0.3 is 4.74 Å². The average molecular weight is 268 g/mol. The Labute approximate surface area is 120 Å². The maximum atomic E-state index is 12.1. The van der Waals surface area contributed by atoms with Crippen LogP contribution in [0, 0.1) is 0 Å². The quantitative estimate of drug-likeness (QED) is 0.725. The highest BCUT2D eigenvalue weighted by Crippen LogP contribution is 2.19. The molecule has 2 unspecified atom stereocenters. The van der Waals surface area contributed by atoms with Crippen molar-refractivity contribution in [2.24, 2.45) is 0 Å². The molecule has 2 aromatic carbocycles. The van der Waals surface area contributed by atoms with Gasteiger partial charge in [0.2, 0.25) is 0 Å². The Morgan fingerprint density at radius 3 is 2.10 bits per heavy atom. The second-order valence-corrected chi connectivity index (χ2v) is 4.99. The van der Waals surface area contributed by atoms with E-state index in [0.717, 1.165) is 11.1 Å². The molecule has 0 aromatic heterocycles. The van der Waals surface area contributed by atoms with Crippen LogP contribution in [0.4, 0.5) is 0 Å². The van der Waals surface area contributed by atoms with Crippen molar-refractivity contribution in [3.05, 3.63) is 71.8 Å². The lowest BCUT2D eigenvalue weighted by molar-refractivity contribution is 0.00496. The average Bonchev–Trinajstić information content (AvgIpc) is 2.49. The molecule has 0 aliphatic rings. The SMILES string of the molecule is CC(CC(=O)c1ccccc1)OC(C)c1ccccc1. The topological polar surface area (TPSA) is 26.3 Å². The number of hydrogen-bond donors (Lipinski definition) is 0. The van der Waals surface area contributed by atoms with Gasteiger partial charge in [0.15, 0.2) is 5.78 Å². The molecule has 104 valence electrons. The van der Waals surface area contributed by atoms with Gasteiger partial charge in [0.05, 0.1) is 12.2 Å². The van der Waals surface area contributed by atoms with Crippen molar-refractivity contribution in [2.75, 3.05) is 0 Å². The van der Waals surface area contributed by atoms with E-state index in [0.29, 0.717) is 6.42 Å². The van der Waals surface area contributed by atoms with Gasteiger partial charge >= 0.3 is 0 Å². The van der Waals surface area contributed by atoms with Crippen LogP contribution in [0.2, 0.25) is 0 Å². The lowest BCUT2D eigenvalue weighted by atomic mass is 10.1. The molecule has 0 bridgehead atoms. The van der Waals surface area contributed by atoms with Crippen molar-refractivity contribution >= 4 is 5.78 Å². The van der Waals surface area contributed by atoms with Gasteiger partial charge in [0.1, 0.15) is 0 Å². The van der Waals surface area contributed by atoms with Crippen LogP contribution in [0.3, 0.4) is 0 Å². The fraction of sp³-hybridized carbons (Fsp3) is 0.278. The van der Waals surface area contributed by atoms with E-state index in [9.17, 15) is 4.79 Å². The summed E-state index contributed by atoms with van der Waals surface area (Å²) in [5, 5.41) is 0. The van der Waals surface area contributed by atoms with E-state index >= 15 is 0 Å². The summed E-state index contributed by atoms with van der Waals surface area (Å²) < 4.78 is 5.91. The Kier molecular flexibility index (Phi) is 5.08. The first kappa shape index (κ1) is 14.5. The van der Waals surface area contributed by atoms with Gasteiger partial charge in [0.25, 0.3) is 0 Å². The first-order valence-electron chi connectivity index (χ1n) is 6.95. The Hall–Kier alpha value is -1.93. The second-order valence-electron chi connectivity index (χ2n) is 4.99. The lowest BCUT2D eigenvalue weighted by Gasteiger charge is -2.19. The zero-order valence-corrected chi connectivity index (χ0v) is 12.0. The van der Waals surface area contributed by atoms with Gasteiger partial charge in [-0.1, -0.05) is 60.7 Å². The molecule has 2 rings (SSSR count). The first-order chi connectivity index (χ1) is 9.66. The van der Waals surface area contributed by atoms with E-state index in [2.05, 4.69) is 0 Å². The van der Waals surface area contributed by atoms with E-state index in [1.807, 2.05) is 74.5 Å². The normalized spacial score (nSPS) is 13.7. The van der Waals surface area contributed by atoms with Gasteiger partial charge in [-0.05, 0) is 19.4 Å². The van der Waals surface area contributed by atoms with Gasteiger partial charge in [-0.2, -0.15) is 0 Å². The zero-order chi connectivity index (χ0) is 14.4. The van der Waals surface area contributed by atoms with Gasteiger partial charge in [-0.15, -0.1) is 0 Å². The van der Waals surface area contributed by atoms with Crippen molar-refractivity contribution in [3.8, 4) is 0 Å². The van der Waals surface area contributed by atoms with E-state index in [-0.39, 0.29) is 18.0 Å². The summed E-state index contributed by atoms with van der Waals surface area (Å²) >= 11 is 0. The molecular weight excluding hydrogens is 248 g/mol. The molecule has 0 saturated carbocycles. The van der Waals surface area contributed by atoms with Crippen LogP contribution in [0.1, 0.15) is 42.3 Å². The number of ketones is 1. The molecule has 0 N–H and O–H groups in total. The maximum absolute atomic E-state index is 12.1. The molecule has 0 fully saturated rings. The van der Waals surface area contributed by atoms with Gasteiger partial charge in [0, 0.05) is 12.0 Å². The Morgan fingerprint density at radius 1 is 0.950 bits per heavy atom. The van der Waals surface area contributed by atoms with Crippen molar-refractivity contribution in [3.63, 3.8) is 0 Å². The minimum absolute atomic E-state index is 0.00484. The summed E-state index contributed by atoms with van der Waals surface area (Å²) in [6.07, 6.45) is 0.300. The fourth-order valence-electron chi connectivity index (χ4n) is 2.20. The Morgan fingerprint density at radius 2 is 1.50 bits per heavy atom. The molecule has 20 heavy (non-hydrogen) atoms. The maximum Gasteiger partial charge on any atom is 0.165 e. The molecule has 0 saturated heterocycles. The highest BCUT2D eigenvalue weighted by Gasteiger charge is 2.15. The fourth-order valence-corrected chi connectivity index (χ4v) is 2.20. The van der Waals surface area contributed by atoms with Gasteiger partial charge in [-0.25, -0.2) is 0 Å². The van der Waals surface area contributed by atoms with Crippen molar-refractivity contribution in [1.29, 1.82) is 0 Å². The van der Waals surface area contributed by atoms with Crippen LogP contribution < -0.4 is 0 Å². The third-order valence-corrected chi connectivity index (χ3v) is 3.27. The summed E-state index contributed by atoms with van der Waals surface area (Å²) in [7, 11) is 0. The number of rotatable bonds is 6. The molecule has 2 heteroatoms. The largest absolute Gasteiger partial charge is 0.370 e. The minimum atomic E-state index is -0.0992. The summed E-state index contributed by atoms with van der Waals surface area (Å²) in [6.45, 7) is 3.96. The van der Waals surface area contributed by atoms with Crippen LogP contribution in [0.5, 0.6) is 0 Å². The van der Waals surface area contributed by atoms with Crippen LogP contribution in [-0.2, 0) is 4.74 Å². The van der Waals surface area contributed by atoms with E-state index in [1.54, 1.807) is 0 Å². The number of Topliss-reactive ketones (excluding diaryl/α,β-unsaturated/α-hetero) is 1. The first-order valence-corrected chi connectivity index (χ1v) is 6.95. The molecule has 0 spiro atoms. The molecule has 0 heterocycles. The highest BCUT2D eigenvalue weighted by atomic mass is 16.5. The molecule has 0 amide bonds. The molecule has 2 nitrogen and oxygen atoms in total. The van der Waals surface area contributed by atoms with Gasteiger partial charge in [-0.3, -0.25) is 4.79 Å². The van der Waals surface area contributed by atoms with E-state index in [4.69, 9.17) is 4.74 Å². The molecule has 0 radical (unpaired) electrons. The lowest BCUT2D eigenvalue weighted by Crippen LogP contribution is -2.16. The molecule has 2 atom stereocenters. The van der Waals surface area contributed by atoms with Crippen molar-refractivity contribution in [1.82, 2.24) is 0 Å². The van der Waals surface area contributed by atoms with Crippen LogP contribution in [-0.4, -0.2) is 11.9 Å². The standard InChI is InChI=1S/C18H20O2/c1-14(13-18(19)17-11-7-4-8-12-17)20-15(2)16-9-5-3-6-10-16/h3-12,14-15H,13H2,1-2H3. The minimum Gasteiger partial charge on any atom is -0.370 e. The third kappa shape index (κ3) is 4.04. The third-order valence-electron chi connectivity index (χ3n) is 3.27. The summed E-state index contributed by atoms with van der Waals surface area (Å²) in [5.41, 5.74) is 1.88. The number of hydrogen-bond acceptors (Lipinski definition) is 2. The molecule has 2 aromatic rings. The monoisotopic (exact) mass is 268 g/mol. The highest BCUT2D eigenvalue weighted by molar-refractivity contribution is 5.96. The Bertz CT molecular complexity index is 534. The molecule has 0 aliphatic heterocycles. The summed E-state index contributed by atoms with van der Waals surface area (Å²) in [6, 6.07) is 19.4. The van der Waals surface area contributed by atoms with E-state index < -0.39 is 0 Å². The predicted octanol–water partition coefficient (Wildman–Crippen LogP) is 4.43. The number of carbonyl (C=O) groups is 1. The van der Waals surface area contributed by atoms with E-state index in [1.165, 1.54) is 0 Å².